The minimum absolute atomic E-state index is 0.207. The van der Waals surface area contributed by atoms with E-state index in [4.69, 9.17) is 23.1 Å². The second kappa shape index (κ2) is 6.01. The molecule has 4 N–H and O–H groups in total. The Kier molecular flexibility index (Phi) is 4.33. The topological polar surface area (TPSA) is 72.3 Å². The molecule has 1 amide bonds. The molecule has 0 aromatic heterocycles. The minimum atomic E-state index is -0.639. The number of amides is 1. The van der Waals surface area contributed by atoms with Crippen LogP contribution >= 0.6 is 11.6 Å². The van der Waals surface area contributed by atoms with Gasteiger partial charge in [-0.25, -0.2) is 4.39 Å². The number of carbonyl (C=O) groups is 1. The van der Waals surface area contributed by atoms with Crippen LogP contribution < -0.4 is 16.4 Å². The summed E-state index contributed by atoms with van der Waals surface area (Å²) in [5, 5.41) is 0.294. The van der Waals surface area contributed by atoms with E-state index in [0.29, 0.717) is 22.0 Å². The van der Waals surface area contributed by atoms with E-state index in [1.54, 1.807) is 30.1 Å². The highest BCUT2D eigenvalue weighted by atomic mass is 35.5. The first kappa shape index (κ1) is 15.1. The zero-order valence-electron chi connectivity index (χ0n) is 11.4. The van der Waals surface area contributed by atoms with Crippen LogP contribution in [0.1, 0.15) is 15.9 Å². The van der Waals surface area contributed by atoms with Gasteiger partial charge in [-0.15, -0.1) is 0 Å². The van der Waals surface area contributed by atoms with Crippen molar-refractivity contribution >= 4 is 28.9 Å². The number of primary amides is 1. The second-order valence-electron chi connectivity index (χ2n) is 4.71. The van der Waals surface area contributed by atoms with Crippen LogP contribution in [0.3, 0.4) is 0 Å². The van der Waals surface area contributed by atoms with Crippen LogP contribution in [0.15, 0.2) is 36.4 Å². The lowest BCUT2D eigenvalue weighted by Crippen LogP contribution is -2.23. The molecule has 0 saturated carbocycles. The van der Waals surface area contributed by atoms with Gasteiger partial charge in [-0.05, 0) is 18.2 Å². The summed E-state index contributed by atoms with van der Waals surface area (Å²) >= 11 is 6.16. The molecule has 0 bridgehead atoms. The fourth-order valence-corrected chi connectivity index (χ4v) is 2.53. The first-order valence-corrected chi connectivity index (χ1v) is 6.61. The molecule has 0 unspecified atom stereocenters. The summed E-state index contributed by atoms with van der Waals surface area (Å²) in [4.78, 5) is 13.2. The highest BCUT2D eigenvalue weighted by molar-refractivity contribution is 6.34. The fraction of sp³-hybridized carbons (Fsp3) is 0.133. The van der Waals surface area contributed by atoms with E-state index in [1.165, 1.54) is 18.2 Å². The molecule has 0 aliphatic rings. The van der Waals surface area contributed by atoms with Gasteiger partial charge in [0, 0.05) is 24.8 Å². The number of rotatable bonds is 4. The molecular formula is C15H15ClFN3O. The molecule has 110 valence electrons. The van der Waals surface area contributed by atoms with Gasteiger partial charge in [0.15, 0.2) is 0 Å². The predicted octanol–water partition coefficient (Wildman–Crippen LogP) is 2.80. The molecular weight excluding hydrogens is 293 g/mol. The molecule has 0 spiro atoms. The average Bonchev–Trinajstić information content (AvgIpc) is 2.40. The number of nitrogens with zero attached hydrogens (tertiary/aromatic N) is 1. The molecule has 0 radical (unpaired) electrons. The van der Waals surface area contributed by atoms with Gasteiger partial charge < -0.3 is 16.4 Å². The second-order valence-corrected chi connectivity index (χ2v) is 5.12. The van der Waals surface area contributed by atoms with Crippen LogP contribution in [0.5, 0.6) is 0 Å². The maximum Gasteiger partial charge on any atom is 0.250 e. The molecule has 0 saturated heterocycles. The van der Waals surface area contributed by atoms with E-state index in [2.05, 4.69) is 0 Å². The molecule has 21 heavy (non-hydrogen) atoms. The van der Waals surface area contributed by atoms with Crippen LogP contribution in [0, 0.1) is 5.82 Å². The van der Waals surface area contributed by atoms with E-state index in [0.717, 1.165) is 0 Å². The van der Waals surface area contributed by atoms with E-state index >= 15 is 0 Å². The summed E-state index contributed by atoms with van der Waals surface area (Å²) < 4.78 is 13.7. The SMILES string of the molecule is CN(Cc1ccccc1F)c1c(Cl)cc(N)cc1C(N)=O. The Morgan fingerprint density at radius 1 is 1.33 bits per heavy atom. The van der Waals surface area contributed by atoms with Gasteiger partial charge in [0.1, 0.15) is 5.82 Å². The number of hydrogen-bond acceptors (Lipinski definition) is 3. The Bertz CT molecular complexity index is 691. The van der Waals surface area contributed by atoms with Gasteiger partial charge in [-0.3, -0.25) is 4.79 Å². The van der Waals surface area contributed by atoms with Crippen molar-refractivity contribution in [1.29, 1.82) is 0 Å². The minimum Gasteiger partial charge on any atom is -0.399 e. The Hall–Kier alpha value is -2.27. The van der Waals surface area contributed by atoms with Gasteiger partial charge in [0.2, 0.25) is 0 Å². The fourth-order valence-electron chi connectivity index (χ4n) is 2.16. The third-order valence-corrected chi connectivity index (χ3v) is 3.39. The van der Waals surface area contributed by atoms with Gasteiger partial charge in [0.05, 0.1) is 16.3 Å². The van der Waals surface area contributed by atoms with Crippen molar-refractivity contribution in [2.75, 3.05) is 17.7 Å². The molecule has 0 fully saturated rings. The maximum atomic E-state index is 13.7. The molecule has 0 heterocycles. The summed E-state index contributed by atoms with van der Waals surface area (Å²) in [5.41, 5.74) is 12.5. The molecule has 0 aliphatic carbocycles. The van der Waals surface area contributed by atoms with Crippen LogP contribution in [-0.4, -0.2) is 13.0 Å². The van der Waals surface area contributed by atoms with Crippen LogP contribution in [-0.2, 0) is 6.54 Å². The Balaban J connectivity index is 2.42. The van der Waals surface area contributed by atoms with Crippen molar-refractivity contribution in [3.63, 3.8) is 0 Å². The third kappa shape index (κ3) is 3.25. The quantitative estimate of drug-likeness (QED) is 0.853. The monoisotopic (exact) mass is 307 g/mol. The third-order valence-electron chi connectivity index (χ3n) is 3.10. The number of hydrogen-bond donors (Lipinski definition) is 2. The molecule has 0 atom stereocenters. The standard InChI is InChI=1S/C15H15ClFN3O/c1-20(8-9-4-2-3-5-13(9)17)14-11(15(19)21)6-10(18)7-12(14)16/h2-7H,8,18H2,1H3,(H2,19,21). The van der Waals surface area contributed by atoms with Gasteiger partial charge in [-0.1, -0.05) is 29.8 Å². The number of nitrogens with two attached hydrogens (primary N) is 2. The first-order valence-electron chi connectivity index (χ1n) is 6.23. The number of carbonyl (C=O) groups excluding carboxylic acids is 1. The molecule has 2 rings (SSSR count). The van der Waals surface area contributed by atoms with E-state index < -0.39 is 5.91 Å². The zero-order chi connectivity index (χ0) is 15.6. The van der Waals surface area contributed by atoms with Crippen molar-refractivity contribution in [1.82, 2.24) is 0 Å². The van der Waals surface area contributed by atoms with Crippen molar-refractivity contribution in [3.8, 4) is 0 Å². The first-order chi connectivity index (χ1) is 9.90. The van der Waals surface area contributed by atoms with Gasteiger partial charge in [-0.2, -0.15) is 0 Å². The molecule has 2 aromatic carbocycles. The lowest BCUT2D eigenvalue weighted by Gasteiger charge is -2.23. The van der Waals surface area contributed by atoms with E-state index in [9.17, 15) is 9.18 Å². The van der Waals surface area contributed by atoms with E-state index in [-0.39, 0.29) is 17.9 Å². The van der Waals surface area contributed by atoms with Crippen LogP contribution in [0.2, 0.25) is 5.02 Å². The van der Waals surface area contributed by atoms with Gasteiger partial charge in [0.25, 0.3) is 5.91 Å². The van der Waals surface area contributed by atoms with Crippen molar-refractivity contribution in [2.45, 2.75) is 6.54 Å². The summed E-state index contributed by atoms with van der Waals surface area (Å²) in [6.45, 7) is 0.247. The van der Waals surface area contributed by atoms with Gasteiger partial charge >= 0.3 is 0 Å². The molecule has 4 nitrogen and oxygen atoms in total. The molecule has 6 heteroatoms. The van der Waals surface area contributed by atoms with Crippen LogP contribution in [0.25, 0.3) is 0 Å². The highest BCUT2D eigenvalue weighted by Crippen LogP contribution is 2.32. The molecule has 2 aromatic rings. The maximum absolute atomic E-state index is 13.7. The number of halogens is 2. The Morgan fingerprint density at radius 2 is 2.00 bits per heavy atom. The largest absolute Gasteiger partial charge is 0.399 e. The highest BCUT2D eigenvalue weighted by Gasteiger charge is 2.18. The Labute approximate surface area is 127 Å². The number of nitrogen functional groups attached to an aromatic ring is 1. The normalized spacial score (nSPS) is 10.4. The van der Waals surface area contributed by atoms with Crippen molar-refractivity contribution in [2.24, 2.45) is 5.73 Å². The lowest BCUT2D eigenvalue weighted by molar-refractivity contribution is 0.100. The zero-order valence-corrected chi connectivity index (χ0v) is 12.2. The number of benzene rings is 2. The Morgan fingerprint density at radius 3 is 2.62 bits per heavy atom. The lowest BCUT2D eigenvalue weighted by atomic mass is 10.1. The summed E-state index contributed by atoms with van der Waals surface area (Å²) in [6, 6.07) is 9.39. The van der Waals surface area contributed by atoms with Crippen LogP contribution in [0.4, 0.5) is 15.8 Å². The van der Waals surface area contributed by atoms with E-state index in [1.807, 2.05) is 0 Å². The molecule has 0 aliphatic heterocycles. The smallest absolute Gasteiger partial charge is 0.250 e. The van der Waals surface area contributed by atoms with Crippen molar-refractivity contribution < 1.29 is 9.18 Å². The summed E-state index contributed by atoms with van der Waals surface area (Å²) in [5.74, 6) is -0.962. The number of anilines is 2. The summed E-state index contributed by atoms with van der Waals surface area (Å²) in [7, 11) is 1.70. The summed E-state index contributed by atoms with van der Waals surface area (Å²) in [6.07, 6.45) is 0. The average molecular weight is 308 g/mol. The van der Waals surface area contributed by atoms with Crippen molar-refractivity contribution in [3.05, 3.63) is 58.4 Å². The predicted molar refractivity (Wildman–Crippen MR) is 82.9 cm³/mol.